The molecule has 25 heavy (non-hydrogen) atoms. The number of aromatic nitrogens is 1. The number of hydrogen-bond acceptors (Lipinski definition) is 4. The molecule has 3 rings (SSSR count). The number of nitrogens with one attached hydrogen (secondary N) is 2. The summed E-state index contributed by atoms with van der Waals surface area (Å²) >= 11 is 0. The van der Waals surface area contributed by atoms with E-state index in [1.807, 2.05) is 0 Å². The summed E-state index contributed by atoms with van der Waals surface area (Å²) < 4.78 is 0. The highest BCUT2D eigenvalue weighted by atomic mass is 16.1. The van der Waals surface area contributed by atoms with Crippen LogP contribution in [0.15, 0.2) is 42.6 Å². The third-order valence-electron chi connectivity index (χ3n) is 4.89. The fourth-order valence-electron chi connectivity index (χ4n) is 3.47. The summed E-state index contributed by atoms with van der Waals surface area (Å²) in [7, 11) is 1.79. The lowest BCUT2D eigenvalue weighted by Crippen LogP contribution is -2.33. The topological polar surface area (TPSA) is 57.3 Å². The molecule has 0 saturated carbocycles. The molecule has 2 aromatic rings. The van der Waals surface area contributed by atoms with E-state index in [0.717, 1.165) is 19.6 Å². The third-order valence-corrected chi connectivity index (χ3v) is 4.89. The highest BCUT2D eigenvalue weighted by molar-refractivity contribution is 5.94. The number of nitrogens with zero attached hydrogens (tertiary/aromatic N) is 2. The number of carbonyl (C=O) groups is 1. The Kier molecular flexibility index (Phi) is 5.66. The molecule has 2 N–H and O–H groups in total. The van der Waals surface area contributed by atoms with Crippen LogP contribution in [0.5, 0.6) is 0 Å². The molecule has 1 amide bonds. The average molecular weight is 338 g/mol. The lowest BCUT2D eigenvalue weighted by Gasteiger charge is -2.17. The van der Waals surface area contributed by atoms with Crippen LogP contribution < -0.4 is 10.6 Å². The van der Waals surface area contributed by atoms with Crippen LogP contribution >= 0.6 is 0 Å². The number of benzene rings is 1. The number of hydrogen-bond donors (Lipinski definition) is 2. The van der Waals surface area contributed by atoms with Crippen LogP contribution in [0, 0.1) is 6.92 Å². The minimum absolute atomic E-state index is 0.0476. The Morgan fingerprint density at radius 1 is 1.32 bits per heavy atom. The molecule has 1 atom stereocenters. The van der Waals surface area contributed by atoms with Gasteiger partial charge in [-0.2, -0.15) is 0 Å². The highest BCUT2D eigenvalue weighted by Crippen LogP contribution is 2.28. The number of likely N-dealkylation sites (tertiary alicyclic amines) is 1. The van der Waals surface area contributed by atoms with Gasteiger partial charge in [-0.25, -0.2) is 4.98 Å². The Balaban J connectivity index is 1.47. The van der Waals surface area contributed by atoms with Crippen LogP contribution in [-0.2, 0) is 0 Å². The maximum absolute atomic E-state index is 12.2. The quantitative estimate of drug-likeness (QED) is 0.850. The van der Waals surface area contributed by atoms with E-state index in [0.29, 0.717) is 23.8 Å². The van der Waals surface area contributed by atoms with E-state index in [1.54, 1.807) is 25.4 Å². The summed E-state index contributed by atoms with van der Waals surface area (Å²) in [5, 5.41) is 5.96. The van der Waals surface area contributed by atoms with E-state index < -0.39 is 0 Å². The van der Waals surface area contributed by atoms with E-state index in [9.17, 15) is 4.79 Å². The molecule has 1 aromatic heterocycles. The van der Waals surface area contributed by atoms with Crippen molar-refractivity contribution in [2.75, 3.05) is 38.5 Å². The fraction of sp³-hybridized carbons (Fsp3) is 0.400. The van der Waals surface area contributed by atoms with Crippen LogP contribution in [0.2, 0.25) is 0 Å². The maximum atomic E-state index is 12.2. The summed E-state index contributed by atoms with van der Waals surface area (Å²) in [6.07, 6.45) is 2.84. The van der Waals surface area contributed by atoms with Gasteiger partial charge in [0.2, 0.25) is 0 Å². The van der Waals surface area contributed by atoms with Crippen molar-refractivity contribution in [3.8, 4) is 0 Å². The zero-order chi connectivity index (χ0) is 17.6. The Hall–Kier alpha value is -2.40. The standard InChI is InChI=1S/C20H26N4O/c1-15-5-3-4-6-18(15)17-8-11-24(14-17)12-10-23-20(25)16-7-9-22-19(13-16)21-2/h3-7,9,13,17H,8,10-12,14H2,1-2H3,(H,21,22)(H,23,25)/t17-/m1/s1. The lowest BCUT2D eigenvalue weighted by atomic mass is 9.94. The molecule has 0 spiro atoms. The first-order valence-corrected chi connectivity index (χ1v) is 8.87. The Morgan fingerprint density at radius 3 is 2.96 bits per heavy atom. The SMILES string of the molecule is CNc1cc(C(=O)NCCN2CC[C@@H](c3ccccc3C)C2)ccn1. The number of aryl methyl sites for hydroxylation is 1. The first-order chi connectivity index (χ1) is 12.2. The summed E-state index contributed by atoms with van der Waals surface area (Å²) in [4.78, 5) is 18.8. The molecular weight excluding hydrogens is 312 g/mol. The normalized spacial score (nSPS) is 17.4. The van der Waals surface area contributed by atoms with Crippen molar-refractivity contribution in [3.63, 3.8) is 0 Å². The van der Waals surface area contributed by atoms with E-state index in [-0.39, 0.29) is 5.91 Å². The molecule has 0 radical (unpaired) electrons. The molecule has 1 aliphatic heterocycles. The van der Waals surface area contributed by atoms with Crippen molar-refractivity contribution in [3.05, 3.63) is 59.3 Å². The zero-order valence-corrected chi connectivity index (χ0v) is 15.0. The van der Waals surface area contributed by atoms with E-state index in [2.05, 4.69) is 51.7 Å². The van der Waals surface area contributed by atoms with Gasteiger partial charge in [0.15, 0.2) is 0 Å². The molecule has 1 aliphatic rings. The van der Waals surface area contributed by atoms with Gasteiger partial charge in [-0.15, -0.1) is 0 Å². The van der Waals surface area contributed by atoms with Gasteiger partial charge in [-0.3, -0.25) is 4.79 Å². The smallest absolute Gasteiger partial charge is 0.251 e. The maximum Gasteiger partial charge on any atom is 0.251 e. The Labute approximate surface area is 149 Å². The van der Waals surface area contributed by atoms with Crippen LogP contribution in [0.25, 0.3) is 0 Å². The third kappa shape index (κ3) is 4.37. The molecule has 132 valence electrons. The fourth-order valence-corrected chi connectivity index (χ4v) is 3.47. The largest absolute Gasteiger partial charge is 0.373 e. The van der Waals surface area contributed by atoms with Crippen molar-refractivity contribution >= 4 is 11.7 Å². The summed E-state index contributed by atoms with van der Waals surface area (Å²) in [6, 6.07) is 12.2. The first kappa shape index (κ1) is 17.4. The van der Waals surface area contributed by atoms with E-state index in [4.69, 9.17) is 0 Å². The van der Waals surface area contributed by atoms with Gasteiger partial charge in [-0.05, 0) is 49.1 Å². The molecular formula is C20H26N4O. The number of anilines is 1. The molecule has 2 heterocycles. The molecule has 5 heteroatoms. The predicted molar refractivity (Wildman–Crippen MR) is 101 cm³/mol. The van der Waals surface area contributed by atoms with Crippen LogP contribution in [0.3, 0.4) is 0 Å². The zero-order valence-electron chi connectivity index (χ0n) is 15.0. The van der Waals surface area contributed by atoms with E-state index in [1.165, 1.54) is 17.5 Å². The molecule has 1 aromatic carbocycles. The lowest BCUT2D eigenvalue weighted by molar-refractivity contribution is 0.0949. The van der Waals surface area contributed by atoms with Crippen LogP contribution in [-0.4, -0.2) is 49.0 Å². The number of amides is 1. The number of carbonyl (C=O) groups excluding carboxylic acids is 1. The molecule has 1 saturated heterocycles. The Bertz CT molecular complexity index is 731. The summed E-state index contributed by atoms with van der Waals surface area (Å²) in [6.45, 7) is 5.90. The number of rotatable bonds is 6. The molecule has 5 nitrogen and oxygen atoms in total. The van der Waals surface area contributed by atoms with Gasteiger partial charge < -0.3 is 15.5 Å². The average Bonchev–Trinajstić information content (AvgIpc) is 3.10. The molecule has 0 unspecified atom stereocenters. The van der Waals surface area contributed by atoms with Crippen molar-refractivity contribution in [2.45, 2.75) is 19.3 Å². The van der Waals surface area contributed by atoms with Gasteiger partial charge in [0.05, 0.1) is 0 Å². The van der Waals surface area contributed by atoms with Crippen molar-refractivity contribution in [1.29, 1.82) is 0 Å². The van der Waals surface area contributed by atoms with Gasteiger partial charge in [-0.1, -0.05) is 24.3 Å². The van der Waals surface area contributed by atoms with Crippen LogP contribution in [0.4, 0.5) is 5.82 Å². The molecule has 1 fully saturated rings. The van der Waals surface area contributed by atoms with Crippen molar-refractivity contribution in [2.24, 2.45) is 0 Å². The van der Waals surface area contributed by atoms with Crippen molar-refractivity contribution < 1.29 is 4.79 Å². The van der Waals surface area contributed by atoms with Crippen LogP contribution in [0.1, 0.15) is 33.8 Å². The summed E-state index contributed by atoms with van der Waals surface area (Å²) in [5.74, 6) is 1.26. The van der Waals surface area contributed by atoms with Gasteiger partial charge in [0, 0.05) is 38.4 Å². The van der Waals surface area contributed by atoms with Gasteiger partial charge in [0.1, 0.15) is 5.82 Å². The predicted octanol–water partition coefficient (Wildman–Crippen LogP) is 2.65. The second-order valence-corrected chi connectivity index (χ2v) is 6.58. The minimum Gasteiger partial charge on any atom is -0.373 e. The monoisotopic (exact) mass is 338 g/mol. The molecule has 0 aliphatic carbocycles. The second kappa shape index (κ2) is 8.12. The first-order valence-electron chi connectivity index (χ1n) is 8.87. The van der Waals surface area contributed by atoms with Gasteiger partial charge in [0.25, 0.3) is 5.91 Å². The van der Waals surface area contributed by atoms with Gasteiger partial charge >= 0.3 is 0 Å². The van der Waals surface area contributed by atoms with Crippen molar-refractivity contribution in [1.82, 2.24) is 15.2 Å². The summed E-state index contributed by atoms with van der Waals surface area (Å²) in [5.41, 5.74) is 3.48. The highest BCUT2D eigenvalue weighted by Gasteiger charge is 2.24. The second-order valence-electron chi connectivity index (χ2n) is 6.58. The Morgan fingerprint density at radius 2 is 2.16 bits per heavy atom. The minimum atomic E-state index is -0.0476. The van der Waals surface area contributed by atoms with E-state index >= 15 is 0 Å². The number of pyridine rings is 1. The molecule has 0 bridgehead atoms.